The minimum atomic E-state index is -0.665. The summed E-state index contributed by atoms with van der Waals surface area (Å²) in [6, 6.07) is -0.0328. The highest BCUT2D eigenvalue weighted by atomic mass is 16.5. The Morgan fingerprint density at radius 2 is 2.15 bits per heavy atom. The van der Waals surface area contributed by atoms with Crippen LogP contribution in [-0.2, 0) is 19.1 Å². The first-order valence-electron chi connectivity index (χ1n) is 9.52. The Morgan fingerprint density at radius 1 is 1.38 bits per heavy atom. The molecule has 26 heavy (non-hydrogen) atoms. The van der Waals surface area contributed by atoms with Crippen LogP contribution in [0.3, 0.4) is 0 Å². The van der Waals surface area contributed by atoms with Crippen LogP contribution in [0.5, 0.6) is 0 Å². The Hall–Kier alpha value is -1.28. The topological polar surface area (TPSA) is 88.7 Å². The standard InChI is InChI=1S/C19H33N3O4/c1-13(11-21-16-8-9-17(23)22-18(16)24)19(3,14(2)25-4)26-12-15-7-5-6-10-20-15/h14-16,20-21H,1,5-12H2,2-4H3,(H,22,23,24)/t14?,15-,16?,19?/m1/s1. The molecule has 2 heterocycles. The van der Waals surface area contributed by atoms with Crippen LogP contribution in [0.4, 0.5) is 0 Å². The number of hydrogen-bond acceptors (Lipinski definition) is 6. The third-order valence-corrected chi connectivity index (χ3v) is 5.63. The van der Waals surface area contributed by atoms with E-state index in [-0.39, 0.29) is 24.0 Å². The number of nitrogens with one attached hydrogen (secondary N) is 3. The molecule has 0 aromatic carbocycles. The SMILES string of the molecule is C=C(CNC1CCC(=O)NC1=O)C(C)(OC[C@H]1CCCCN1)C(C)OC. The molecule has 4 atom stereocenters. The zero-order valence-electron chi connectivity index (χ0n) is 16.2. The van der Waals surface area contributed by atoms with Gasteiger partial charge >= 0.3 is 0 Å². The van der Waals surface area contributed by atoms with Crippen molar-refractivity contribution in [2.75, 3.05) is 26.8 Å². The second-order valence-electron chi connectivity index (χ2n) is 7.43. The van der Waals surface area contributed by atoms with Gasteiger partial charge < -0.3 is 20.1 Å². The van der Waals surface area contributed by atoms with E-state index in [2.05, 4.69) is 22.5 Å². The Kier molecular flexibility index (Phi) is 7.76. The number of carbonyl (C=O) groups is 2. The van der Waals surface area contributed by atoms with Gasteiger partial charge in [0.1, 0.15) is 5.60 Å². The van der Waals surface area contributed by atoms with E-state index in [0.29, 0.717) is 32.0 Å². The molecule has 0 spiro atoms. The van der Waals surface area contributed by atoms with Crippen molar-refractivity contribution < 1.29 is 19.1 Å². The van der Waals surface area contributed by atoms with Crippen LogP contribution < -0.4 is 16.0 Å². The summed E-state index contributed by atoms with van der Waals surface area (Å²) in [5, 5.41) is 9.04. The van der Waals surface area contributed by atoms with Gasteiger partial charge in [0, 0.05) is 26.1 Å². The van der Waals surface area contributed by atoms with Gasteiger partial charge in [0.25, 0.3) is 0 Å². The predicted molar refractivity (Wildman–Crippen MR) is 99.8 cm³/mol. The van der Waals surface area contributed by atoms with Crippen LogP contribution in [0.2, 0.25) is 0 Å². The summed E-state index contributed by atoms with van der Waals surface area (Å²) >= 11 is 0. The Labute approximate surface area is 156 Å². The van der Waals surface area contributed by atoms with Crippen molar-refractivity contribution in [1.82, 2.24) is 16.0 Å². The third kappa shape index (κ3) is 5.36. The third-order valence-electron chi connectivity index (χ3n) is 5.63. The number of amides is 2. The highest BCUT2D eigenvalue weighted by molar-refractivity contribution is 6.00. The van der Waals surface area contributed by atoms with Gasteiger partial charge in [-0.15, -0.1) is 0 Å². The summed E-state index contributed by atoms with van der Waals surface area (Å²) in [5.74, 6) is -0.490. The van der Waals surface area contributed by atoms with Gasteiger partial charge in [-0.1, -0.05) is 13.0 Å². The van der Waals surface area contributed by atoms with E-state index in [4.69, 9.17) is 9.47 Å². The zero-order chi connectivity index (χ0) is 19.2. The minimum Gasteiger partial charge on any atom is -0.378 e. The van der Waals surface area contributed by atoms with Crippen molar-refractivity contribution in [3.63, 3.8) is 0 Å². The summed E-state index contributed by atoms with van der Waals surface area (Å²) in [5.41, 5.74) is 0.161. The fourth-order valence-corrected chi connectivity index (χ4v) is 3.38. The van der Waals surface area contributed by atoms with E-state index in [0.717, 1.165) is 18.5 Å². The first-order chi connectivity index (χ1) is 12.4. The van der Waals surface area contributed by atoms with Gasteiger partial charge in [-0.25, -0.2) is 0 Å². The number of carbonyl (C=O) groups excluding carboxylic acids is 2. The molecule has 0 aromatic rings. The zero-order valence-corrected chi connectivity index (χ0v) is 16.2. The predicted octanol–water partition coefficient (Wildman–Crippen LogP) is 0.890. The molecule has 2 rings (SSSR count). The molecule has 3 unspecified atom stereocenters. The number of ether oxygens (including phenoxy) is 2. The number of imide groups is 1. The molecule has 7 heteroatoms. The number of methoxy groups -OCH3 is 1. The lowest BCUT2D eigenvalue weighted by molar-refractivity contribution is -0.134. The molecular formula is C19H33N3O4. The quantitative estimate of drug-likeness (QED) is 0.414. The first-order valence-corrected chi connectivity index (χ1v) is 9.52. The normalized spacial score (nSPS) is 27.5. The van der Waals surface area contributed by atoms with E-state index >= 15 is 0 Å². The highest BCUT2D eigenvalue weighted by Gasteiger charge is 2.37. The van der Waals surface area contributed by atoms with Crippen LogP contribution in [-0.4, -0.2) is 62.4 Å². The maximum absolute atomic E-state index is 11.9. The molecule has 0 aromatic heterocycles. The van der Waals surface area contributed by atoms with Crippen molar-refractivity contribution in [1.29, 1.82) is 0 Å². The van der Waals surface area contributed by atoms with E-state index in [1.165, 1.54) is 12.8 Å². The molecule has 2 fully saturated rings. The van der Waals surface area contributed by atoms with Gasteiger partial charge in [-0.3, -0.25) is 14.9 Å². The maximum atomic E-state index is 11.9. The summed E-state index contributed by atoms with van der Waals surface area (Å²) in [7, 11) is 1.66. The second kappa shape index (κ2) is 9.60. The molecule has 148 valence electrons. The van der Waals surface area contributed by atoms with Crippen molar-refractivity contribution in [3.8, 4) is 0 Å². The van der Waals surface area contributed by atoms with Crippen molar-refractivity contribution in [2.45, 2.75) is 69.7 Å². The second-order valence-corrected chi connectivity index (χ2v) is 7.43. The molecule has 0 bridgehead atoms. The molecule has 0 radical (unpaired) electrons. The fourth-order valence-electron chi connectivity index (χ4n) is 3.38. The average Bonchev–Trinajstić information content (AvgIpc) is 2.65. The molecule has 3 N–H and O–H groups in total. The Bertz CT molecular complexity index is 519. The smallest absolute Gasteiger partial charge is 0.243 e. The van der Waals surface area contributed by atoms with E-state index in [1.807, 2.05) is 13.8 Å². The summed E-state index contributed by atoms with van der Waals surface area (Å²) in [6.07, 6.45) is 4.22. The van der Waals surface area contributed by atoms with Crippen LogP contribution in [0.15, 0.2) is 12.2 Å². The van der Waals surface area contributed by atoms with E-state index in [1.54, 1.807) is 7.11 Å². The number of rotatable bonds is 9. The lowest BCUT2D eigenvalue weighted by atomic mass is 9.90. The lowest BCUT2D eigenvalue weighted by Crippen LogP contribution is -2.53. The van der Waals surface area contributed by atoms with Crippen molar-refractivity contribution in [2.24, 2.45) is 0 Å². The lowest BCUT2D eigenvalue weighted by Gasteiger charge is -2.39. The molecule has 2 aliphatic rings. The summed E-state index contributed by atoms with van der Waals surface area (Å²) in [6.45, 7) is 10.2. The Morgan fingerprint density at radius 3 is 2.77 bits per heavy atom. The minimum absolute atomic E-state index is 0.179. The molecule has 2 amide bonds. The van der Waals surface area contributed by atoms with Gasteiger partial charge in [0.05, 0.1) is 18.8 Å². The van der Waals surface area contributed by atoms with Gasteiger partial charge in [0.2, 0.25) is 11.8 Å². The average molecular weight is 367 g/mol. The largest absolute Gasteiger partial charge is 0.378 e. The fraction of sp³-hybridized carbons (Fsp3) is 0.789. The molecule has 2 saturated heterocycles. The van der Waals surface area contributed by atoms with Crippen LogP contribution in [0.1, 0.15) is 46.0 Å². The van der Waals surface area contributed by atoms with Gasteiger partial charge in [-0.05, 0) is 45.2 Å². The molecule has 2 aliphatic heterocycles. The van der Waals surface area contributed by atoms with Crippen molar-refractivity contribution >= 4 is 11.8 Å². The van der Waals surface area contributed by atoms with Crippen LogP contribution >= 0.6 is 0 Å². The highest BCUT2D eigenvalue weighted by Crippen LogP contribution is 2.27. The van der Waals surface area contributed by atoms with Gasteiger partial charge in [-0.2, -0.15) is 0 Å². The number of hydrogen-bond donors (Lipinski definition) is 3. The molecular weight excluding hydrogens is 334 g/mol. The first kappa shape index (κ1) is 21.0. The summed E-state index contributed by atoms with van der Waals surface area (Å²) in [4.78, 5) is 23.2. The van der Waals surface area contributed by atoms with Crippen LogP contribution in [0, 0.1) is 0 Å². The van der Waals surface area contributed by atoms with Crippen LogP contribution in [0.25, 0.3) is 0 Å². The molecule has 7 nitrogen and oxygen atoms in total. The molecule has 0 saturated carbocycles. The monoisotopic (exact) mass is 367 g/mol. The molecule has 0 aliphatic carbocycles. The maximum Gasteiger partial charge on any atom is 0.243 e. The summed E-state index contributed by atoms with van der Waals surface area (Å²) < 4.78 is 11.8. The number of piperidine rings is 2. The Balaban J connectivity index is 1.92. The van der Waals surface area contributed by atoms with E-state index < -0.39 is 5.60 Å². The van der Waals surface area contributed by atoms with Gasteiger partial charge in [0.15, 0.2) is 0 Å². The van der Waals surface area contributed by atoms with E-state index in [9.17, 15) is 9.59 Å². The van der Waals surface area contributed by atoms with Crippen molar-refractivity contribution in [3.05, 3.63) is 12.2 Å².